The van der Waals surface area contributed by atoms with Gasteiger partial charge in [0, 0.05) is 5.69 Å². The first-order valence-electron chi connectivity index (χ1n) is 4.77. The van der Waals surface area contributed by atoms with Gasteiger partial charge in [-0.1, -0.05) is 17.7 Å². The summed E-state index contributed by atoms with van der Waals surface area (Å²) in [4.78, 5) is 7.63. The second-order valence-corrected chi connectivity index (χ2v) is 4.17. The van der Waals surface area contributed by atoms with Gasteiger partial charge in [0.25, 0.3) is 0 Å². The van der Waals surface area contributed by atoms with E-state index in [0.717, 1.165) is 0 Å². The first-order valence-corrected chi connectivity index (χ1v) is 5.53. The van der Waals surface area contributed by atoms with Gasteiger partial charge >= 0.3 is 0 Å². The van der Waals surface area contributed by atoms with Crippen molar-refractivity contribution in [1.82, 2.24) is 9.97 Å². The van der Waals surface area contributed by atoms with Gasteiger partial charge in [-0.05, 0) is 36.2 Å². The SMILES string of the molecule is Cc1ccc(Nc2nc(Cl)ncc2Cl)cc1F. The van der Waals surface area contributed by atoms with E-state index in [2.05, 4.69) is 15.3 Å². The smallest absolute Gasteiger partial charge is 0.224 e. The first-order chi connectivity index (χ1) is 8.06. The average molecular weight is 272 g/mol. The lowest BCUT2D eigenvalue weighted by molar-refractivity contribution is 0.619. The second kappa shape index (κ2) is 4.85. The lowest BCUT2D eigenvalue weighted by Crippen LogP contribution is -1.97. The third-order valence-corrected chi connectivity index (χ3v) is 2.61. The Labute approximate surface area is 108 Å². The average Bonchev–Trinajstić information content (AvgIpc) is 2.29. The molecule has 1 aromatic heterocycles. The van der Waals surface area contributed by atoms with E-state index < -0.39 is 0 Å². The van der Waals surface area contributed by atoms with Crippen molar-refractivity contribution >= 4 is 34.7 Å². The molecular formula is C11H8Cl2FN3. The highest BCUT2D eigenvalue weighted by Crippen LogP contribution is 2.24. The molecule has 0 saturated heterocycles. The van der Waals surface area contributed by atoms with Crippen LogP contribution < -0.4 is 5.32 Å². The standard InChI is InChI=1S/C11H8Cl2FN3/c1-6-2-3-7(4-9(6)14)16-10-8(12)5-15-11(13)17-10/h2-5H,1H3,(H,15,16,17). The van der Waals surface area contributed by atoms with E-state index in [1.54, 1.807) is 19.1 Å². The molecule has 0 aliphatic heterocycles. The molecule has 0 bridgehead atoms. The Morgan fingerprint density at radius 3 is 2.76 bits per heavy atom. The zero-order valence-electron chi connectivity index (χ0n) is 8.84. The molecule has 6 heteroatoms. The molecule has 88 valence electrons. The molecule has 0 atom stereocenters. The maximum atomic E-state index is 13.3. The summed E-state index contributed by atoms with van der Waals surface area (Å²) in [6.07, 6.45) is 1.38. The van der Waals surface area contributed by atoms with E-state index in [1.165, 1.54) is 12.3 Å². The Morgan fingerprint density at radius 1 is 1.29 bits per heavy atom. The summed E-state index contributed by atoms with van der Waals surface area (Å²) < 4.78 is 13.3. The maximum absolute atomic E-state index is 13.3. The molecule has 0 radical (unpaired) electrons. The van der Waals surface area contributed by atoms with Crippen LogP contribution in [0.3, 0.4) is 0 Å². The van der Waals surface area contributed by atoms with E-state index in [0.29, 0.717) is 22.1 Å². The molecule has 17 heavy (non-hydrogen) atoms. The Kier molecular flexibility index (Phi) is 3.45. The minimum atomic E-state index is -0.300. The van der Waals surface area contributed by atoms with Crippen molar-refractivity contribution in [2.45, 2.75) is 6.92 Å². The van der Waals surface area contributed by atoms with Gasteiger partial charge < -0.3 is 5.32 Å². The summed E-state index contributed by atoms with van der Waals surface area (Å²) >= 11 is 11.5. The molecule has 3 nitrogen and oxygen atoms in total. The van der Waals surface area contributed by atoms with Crippen molar-refractivity contribution in [3.8, 4) is 0 Å². The summed E-state index contributed by atoms with van der Waals surface area (Å²) in [6.45, 7) is 1.69. The predicted molar refractivity (Wildman–Crippen MR) is 66.5 cm³/mol. The Balaban J connectivity index is 2.31. The van der Waals surface area contributed by atoms with E-state index in [9.17, 15) is 4.39 Å². The Morgan fingerprint density at radius 2 is 2.06 bits per heavy atom. The van der Waals surface area contributed by atoms with Gasteiger partial charge in [0.1, 0.15) is 10.8 Å². The van der Waals surface area contributed by atoms with E-state index in [-0.39, 0.29) is 11.1 Å². The number of hydrogen-bond donors (Lipinski definition) is 1. The number of anilines is 2. The molecule has 0 unspecified atom stereocenters. The van der Waals surface area contributed by atoms with Crippen LogP contribution in [0.15, 0.2) is 24.4 Å². The summed E-state index contributed by atoms with van der Waals surface area (Å²) in [5.41, 5.74) is 1.12. The van der Waals surface area contributed by atoms with E-state index >= 15 is 0 Å². The molecule has 0 amide bonds. The van der Waals surface area contributed by atoms with Crippen LogP contribution in [-0.2, 0) is 0 Å². The van der Waals surface area contributed by atoms with Crippen LogP contribution in [0.1, 0.15) is 5.56 Å². The normalized spacial score (nSPS) is 10.4. The third kappa shape index (κ3) is 2.84. The quantitative estimate of drug-likeness (QED) is 0.840. The summed E-state index contributed by atoms with van der Waals surface area (Å²) in [5.74, 6) is 0.0428. The van der Waals surface area contributed by atoms with Gasteiger partial charge in [-0.15, -0.1) is 0 Å². The molecule has 0 aliphatic rings. The van der Waals surface area contributed by atoms with Gasteiger partial charge in [-0.25, -0.2) is 9.37 Å². The number of rotatable bonds is 2. The van der Waals surface area contributed by atoms with Gasteiger partial charge in [-0.3, -0.25) is 0 Å². The molecule has 0 fully saturated rings. The van der Waals surface area contributed by atoms with Crippen molar-refractivity contribution < 1.29 is 4.39 Å². The molecule has 1 N–H and O–H groups in total. The number of hydrogen-bond acceptors (Lipinski definition) is 3. The van der Waals surface area contributed by atoms with Crippen molar-refractivity contribution in [2.75, 3.05) is 5.32 Å². The number of aromatic nitrogens is 2. The van der Waals surface area contributed by atoms with Crippen molar-refractivity contribution in [3.05, 3.63) is 46.1 Å². The monoisotopic (exact) mass is 271 g/mol. The van der Waals surface area contributed by atoms with Crippen LogP contribution in [-0.4, -0.2) is 9.97 Å². The molecule has 0 saturated carbocycles. The fraction of sp³-hybridized carbons (Fsp3) is 0.0909. The molecule has 0 spiro atoms. The largest absolute Gasteiger partial charge is 0.339 e. The van der Waals surface area contributed by atoms with Gasteiger partial charge in [-0.2, -0.15) is 4.98 Å². The van der Waals surface area contributed by atoms with Gasteiger partial charge in [0.2, 0.25) is 5.28 Å². The topological polar surface area (TPSA) is 37.8 Å². The van der Waals surface area contributed by atoms with Crippen molar-refractivity contribution in [3.63, 3.8) is 0 Å². The zero-order valence-corrected chi connectivity index (χ0v) is 10.3. The van der Waals surface area contributed by atoms with E-state index in [1.807, 2.05) is 0 Å². The number of aryl methyl sites for hydroxylation is 1. The lowest BCUT2D eigenvalue weighted by Gasteiger charge is -2.08. The Hall–Kier alpha value is -1.39. The summed E-state index contributed by atoms with van der Waals surface area (Å²) in [7, 11) is 0. The van der Waals surface area contributed by atoms with Crippen LogP contribution in [0.25, 0.3) is 0 Å². The Bertz CT molecular complexity index is 560. The maximum Gasteiger partial charge on any atom is 0.224 e. The molecule has 1 aromatic carbocycles. The van der Waals surface area contributed by atoms with Crippen LogP contribution in [0, 0.1) is 12.7 Å². The zero-order chi connectivity index (χ0) is 12.4. The van der Waals surface area contributed by atoms with Crippen LogP contribution >= 0.6 is 23.2 Å². The highest BCUT2D eigenvalue weighted by atomic mass is 35.5. The fourth-order valence-electron chi connectivity index (χ4n) is 1.24. The van der Waals surface area contributed by atoms with Crippen LogP contribution in [0.5, 0.6) is 0 Å². The number of benzene rings is 1. The molecular weight excluding hydrogens is 264 g/mol. The molecule has 1 heterocycles. The number of halogens is 3. The van der Waals surface area contributed by atoms with Gasteiger partial charge in [0.15, 0.2) is 5.82 Å². The van der Waals surface area contributed by atoms with Crippen LogP contribution in [0.2, 0.25) is 10.3 Å². The predicted octanol–water partition coefficient (Wildman–Crippen LogP) is 3.97. The summed E-state index contributed by atoms with van der Waals surface area (Å²) in [6, 6.07) is 4.75. The minimum absolute atomic E-state index is 0.0736. The highest BCUT2D eigenvalue weighted by molar-refractivity contribution is 6.33. The highest BCUT2D eigenvalue weighted by Gasteiger charge is 2.06. The van der Waals surface area contributed by atoms with Crippen LogP contribution in [0.4, 0.5) is 15.9 Å². The number of nitrogens with zero attached hydrogens (tertiary/aromatic N) is 2. The lowest BCUT2D eigenvalue weighted by atomic mass is 10.2. The number of nitrogens with one attached hydrogen (secondary N) is 1. The first kappa shape index (κ1) is 12.1. The van der Waals surface area contributed by atoms with Crippen molar-refractivity contribution in [1.29, 1.82) is 0 Å². The fourth-order valence-corrected chi connectivity index (χ4v) is 1.51. The third-order valence-electron chi connectivity index (χ3n) is 2.15. The summed E-state index contributed by atoms with van der Waals surface area (Å²) in [5, 5.41) is 3.26. The van der Waals surface area contributed by atoms with Crippen molar-refractivity contribution in [2.24, 2.45) is 0 Å². The van der Waals surface area contributed by atoms with Gasteiger partial charge in [0.05, 0.1) is 6.20 Å². The molecule has 2 aromatic rings. The van der Waals surface area contributed by atoms with E-state index in [4.69, 9.17) is 23.2 Å². The molecule has 0 aliphatic carbocycles. The molecule has 2 rings (SSSR count). The second-order valence-electron chi connectivity index (χ2n) is 3.42. The minimum Gasteiger partial charge on any atom is -0.339 e.